The molecular formula is C14H21N. The van der Waals surface area contributed by atoms with E-state index in [-0.39, 0.29) is 0 Å². The maximum atomic E-state index is 2.58. The van der Waals surface area contributed by atoms with Crippen LogP contribution in [0.5, 0.6) is 0 Å². The van der Waals surface area contributed by atoms with Gasteiger partial charge in [0.15, 0.2) is 0 Å². The quantitative estimate of drug-likeness (QED) is 0.709. The number of hydrogen-bond acceptors (Lipinski definition) is 1. The third-order valence-corrected chi connectivity index (χ3v) is 3.40. The normalized spacial score (nSPS) is 21.3. The van der Waals surface area contributed by atoms with Gasteiger partial charge in [0.05, 0.1) is 0 Å². The molecule has 15 heavy (non-hydrogen) atoms. The van der Waals surface area contributed by atoms with E-state index in [4.69, 9.17) is 0 Å². The summed E-state index contributed by atoms with van der Waals surface area (Å²) < 4.78 is 0. The van der Waals surface area contributed by atoms with Gasteiger partial charge in [-0.15, -0.1) is 0 Å². The van der Waals surface area contributed by atoms with E-state index in [0.29, 0.717) is 0 Å². The third kappa shape index (κ3) is 2.17. The molecule has 1 unspecified atom stereocenters. The van der Waals surface area contributed by atoms with E-state index in [1.807, 2.05) is 0 Å². The number of benzene rings is 1. The van der Waals surface area contributed by atoms with Gasteiger partial charge in [-0.3, -0.25) is 0 Å². The van der Waals surface area contributed by atoms with Crippen LogP contribution in [0.15, 0.2) is 24.3 Å². The van der Waals surface area contributed by atoms with E-state index in [1.165, 1.54) is 30.6 Å². The van der Waals surface area contributed by atoms with Crippen molar-refractivity contribution >= 4 is 5.69 Å². The van der Waals surface area contributed by atoms with E-state index in [0.717, 1.165) is 12.0 Å². The van der Waals surface area contributed by atoms with Crippen LogP contribution in [0.1, 0.15) is 32.3 Å². The first-order valence-electron chi connectivity index (χ1n) is 6.02. The number of aryl methyl sites for hydroxylation is 1. The number of hydrogen-bond donors (Lipinski definition) is 0. The van der Waals surface area contributed by atoms with Crippen molar-refractivity contribution in [3.8, 4) is 0 Å². The van der Waals surface area contributed by atoms with E-state index in [2.05, 4.69) is 49.9 Å². The highest BCUT2D eigenvalue weighted by atomic mass is 15.2. The molecule has 0 amide bonds. The number of anilines is 1. The maximum absolute atomic E-state index is 2.58. The molecule has 0 saturated carbocycles. The topological polar surface area (TPSA) is 3.24 Å². The van der Waals surface area contributed by atoms with Crippen molar-refractivity contribution in [2.45, 2.75) is 39.7 Å². The van der Waals surface area contributed by atoms with Crippen LogP contribution in [0.3, 0.4) is 0 Å². The van der Waals surface area contributed by atoms with Gasteiger partial charge >= 0.3 is 0 Å². The van der Waals surface area contributed by atoms with Gasteiger partial charge in [0.25, 0.3) is 0 Å². The molecule has 1 atom stereocenters. The van der Waals surface area contributed by atoms with E-state index in [1.54, 1.807) is 0 Å². The fraction of sp³-hybridized carbons (Fsp3) is 0.571. The van der Waals surface area contributed by atoms with Crippen LogP contribution in [0.25, 0.3) is 0 Å². The lowest BCUT2D eigenvalue weighted by Crippen LogP contribution is -2.33. The minimum Gasteiger partial charge on any atom is -0.368 e. The van der Waals surface area contributed by atoms with Crippen LogP contribution in [-0.4, -0.2) is 12.6 Å². The van der Waals surface area contributed by atoms with Crippen molar-refractivity contribution in [1.29, 1.82) is 0 Å². The first kappa shape index (κ1) is 10.5. The summed E-state index contributed by atoms with van der Waals surface area (Å²) in [5, 5.41) is 0. The fourth-order valence-corrected chi connectivity index (χ4v) is 2.61. The average Bonchev–Trinajstić information content (AvgIpc) is 2.65. The van der Waals surface area contributed by atoms with Crippen molar-refractivity contribution < 1.29 is 0 Å². The fourth-order valence-electron chi connectivity index (χ4n) is 2.61. The highest BCUT2D eigenvalue weighted by Crippen LogP contribution is 2.29. The molecule has 1 aliphatic heterocycles. The zero-order valence-corrected chi connectivity index (χ0v) is 10.0. The summed E-state index contributed by atoms with van der Waals surface area (Å²) in [7, 11) is 0. The Hall–Kier alpha value is -0.980. The zero-order chi connectivity index (χ0) is 10.8. The predicted molar refractivity (Wildman–Crippen MR) is 66.4 cm³/mol. The van der Waals surface area contributed by atoms with Gasteiger partial charge in [-0.2, -0.15) is 0 Å². The van der Waals surface area contributed by atoms with Crippen LogP contribution in [0.2, 0.25) is 0 Å². The monoisotopic (exact) mass is 203 g/mol. The van der Waals surface area contributed by atoms with Crippen molar-refractivity contribution in [2.24, 2.45) is 5.92 Å². The molecule has 1 saturated heterocycles. The Morgan fingerprint density at radius 2 is 2.13 bits per heavy atom. The summed E-state index contributed by atoms with van der Waals surface area (Å²) in [5.74, 6) is 0.757. The molecule has 0 aliphatic carbocycles. The Kier molecular flexibility index (Phi) is 2.99. The van der Waals surface area contributed by atoms with Gasteiger partial charge in [0.2, 0.25) is 0 Å². The summed E-state index contributed by atoms with van der Waals surface area (Å²) in [5.41, 5.74) is 2.77. The summed E-state index contributed by atoms with van der Waals surface area (Å²) in [6, 6.07) is 9.63. The predicted octanol–water partition coefficient (Wildman–Crippen LogP) is 3.62. The molecule has 1 aromatic rings. The Labute approximate surface area is 93.1 Å². The molecule has 0 radical (unpaired) electrons. The molecule has 1 nitrogen and oxygen atoms in total. The lowest BCUT2D eigenvalue weighted by Gasteiger charge is -2.30. The van der Waals surface area contributed by atoms with Crippen molar-refractivity contribution in [2.75, 3.05) is 11.4 Å². The molecule has 0 spiro atoms. The number of rotatable bonds is 2. The highest BCUT2D eigenvalue weighted by Gasteiger charge is 2.26. The molecule has 1 fully saturated rings. The standard InChI is InChI=1S/C14H21N/c1-11(2)14-8-5-9-15(14)13-7-4-6-12(3)10-13/h4,6-7,10-11,14H,5,8-9H2,1-3H3. The number of nitrogens with zero attached hydrogens (tertiary/aromatic N) is 1. The van der Waals surface area contributed by atoms with Crippen LogP contribution >= 0.6 is 0 Å². The summed E-state index contributed by atoms with van der Waals surface area (Å²) in [6.07, 6.45) is 2.70. The second-order valence-corrected chi connectivity index (χ2v) is 4.99. The van der Waals surface area contributed by atoms with Crippen molar-refractivity contribution in [3.05, 3.63) is 29.8 Å². The van der Waals surface area contributed by atoms with Gasteiger partial charge in [0.1, 0.15) is 0 Å². The molecule has 1 heteroatoms. The zero-order valence-electron chi connectivity index (χ0n) is 10.0. The second-order valence-electron chi connectivity index (χ2n) is 4.99. The molecule has 2 rings (SSSR count). The van der Waals surface area contributed by atoms with E-state index >= 15 is 0 Å². The summed E-state index contributed by atoms with van der Waals surface area (Å²) in [4.78, 5) is 2.58. The van der Waals surface area contributed by atoms with Crippen LogP contribution < -0.4 is 4.90 Å². The molecule has 0 bridgehead atoms. The van der Waals surface area contributed by atoms with Gasteiger partial charge < -0.3 is 4.90 Å². The Bertz CT molecular complexity index is 330. The molecule has 0 N–H and O–H groups in total. The van der Waals surface area contributed by atoms with Gasteiger partial charge in [-0.25, -0.2) is 0 Å². The Morgan fingerprint density at radius 3 is 2.80 bits per heavy atom. The Morgan fingerprint density at radius 1 is 1.33 bits per heavy atom. The van der Waals surface area contributed by atoms with Crippen LogP contribution in [0.4, 0.5) is 5.69 Å². The third-order valence-electron chi connectivity index (χ3n) is 3.40. The second kappa shape index (κ2) is 4.26. The molecule has 1 aromatic carbocycles. The minimum absolute atomic E-state index is 0.742. The van der Waals surface area contributed by atoms with Gasteiger partial charge in [-0.05, 0) is 43.4 Å². The lowest BCUT2D eigenvalue weighted by molar-refractivity contribution is 0.492. The smallest absolute Gasteiger partial charge is 0.0371 e. The summed E-state index contributed by atoms with van der Waals surface area (Å²) in [6.45, 7) is 8.06. The molecule has 0 aromatic heterocycles. The van der Waals surface area contributed by atoms with E-state index < -0.39 is 0 Å². The Balaban J connectivity index is 2.22. The van der Waals surface area contributed by atoms with Crippen molar-refractivity contribution in [3.63, 3.8) is 0 Å². The molecule has 1 aliphatic rings. The van der Waals surface area contributed by atoms with Crippen molar-refractivity contribution in [1.82, 2.24) is 0 Å². The molecule has 82 valence electrons. The van der Waals surface area contributed by atoms with Crippen LogP contribution in [-0.2, 0) is 0 Å². The van der Waals surface area contributed by atoms with Gasteiger partial charge in [-0.1, -0.05) is 26.0 Å². The highest BCUT2D eigenvalue weighted by molar-refractivity contribution is 5.50. The first-order valence-corrected chi connectivity index (χ1v) is 6.02. The van der Waals surface area contributed by atoms with E-state index in [9.17, 15) is 0 Å². The van der Waals surface area contributed by atoms with Crippen LogP contribution in [0, 0.1) is 12.8 Å². The lowest BCUT2D eigenvalue weighted by atomic mass is 10.0. The average molecular weight is 203 g/mol. The largest absolute Gasteiger partial charge is 0.368 e. The summed E-state index contributed by atoms with van der Waals surface area (Å²) >= 11 is 0. The maximum Gasteiger partial charge on any atom is 0.0371 e. The SMILES string of the molecule is Cc1cccc(N2CCCC2C(C)C)c1. The minimum atomic E-state index is 0.742. The molecule has 1 heterocycles. The van der Waals surface area contributed by atoms with Gasteiger partial charge in [0, 0.05) is 18.3 Å². The molecular weight excluding hydrogens is 182 g/mol. The first-order chi connectivity index (χ1) is 7.18.